The predicted molar refractivity (Wildman–Crippen MR) is 112 cm³/mol. The van der Waals surface area contributed by atoms with Gasteiger partial charge < -0.3 is 9.51 Å². The van der Waals surface area contributed by atoms with E-state index in [2.05, 4.69) is 60.0 Å². The van der Waals surface area contributed by atoms with E-state index >= 15 is 0 Å². The van der Waals surface area contributed by atoms with Crippen LogP contribution in [0.1, 0.15) is 52.7 Å². The van der Waals surface area contributed by atoms with Gasteiger partial charge in [0.1, 0.15) is 11.6 Å². The van der Waals surface area contributed by atoms with Crippen LogP contribution < -0.4 is 0 Å². The number of aromatic amines is 1. The van der Waals surface area contributed by atoms with Gasteiger partial charge in [0.2, 0.25) is 0 Å². The largest absolute Gasteiger partial charge is 0.361 e. The van der Waals surface area contributed by atoms with Crippen LogP contribution in [0.5, 0.6) is 0 Å². The van der Waals surface area contributed by atoms with Crippen LogP contribution in [0.3, 0.4) is 0 Å². The fourth-order valence-electron chi connectivity index (χ4n) is 3.95. The standard InChI is InChI=1S/C24H23N3O/c1-13-6-5-7-18(10-13)14(2)20-11-19(22-15(3)27-28-16(22)4)12-21-23(20)26-24(25-21)17-8-9-17/h5-7,10-12,17H,2,8-9H2,1,3-4H3,(H,25,26). The molecule has 1 aliphatic carbocycles. The van der Waals surface area contributed by atoms with Crippen LogP contribution in [-0.4, -0.2) is 15.1 Å². The summed E-state index contributed by atoms with van der Waals surface area (Å²) >= 11 is 0. The number of imidazole rings is 1. The number of nitrogens with one attached hydrogen (secondary N) is 1. The van der Waals surface area contributed by atoms with Gasteiger partial charge in [-0.05, 0) is 62.4 Å². The summed E-state index contributed by atoms with van der Waals surface area (Å²) in [5.41, 5.74) is 9.46. The molecule has 4 nitrogen and oxygen atoms in total. The summed E-state index contributed by atoms with van der Waals surface area (Å²) in [5, 5.41) is 4.13. The Hall–Kier alpha value is -3.14. The molecule has 0 spiro atoms. The van der Waals surface area contributed by atoms with Gasteiger partial charge in [0.25, 0.3) is 0 Å². The summed E-state index contributed by atoms with van der Waals surface area (Å²) in [6.45, 7) is 10.5. The zero-order valence-corrected chi connectivity index (χ0v) is 16.5. The molecule has 0 unspecified atom stereocenters. The van der Waals surface area contributed by atoms with Crippen molar-refractivity contribution in [2.75, 3.05) is 0 Å². The lowest BCUT2D eigenvalue weighted by molar-refractivity contribution is 0.393. The molecule has 2 heterocycles. The Kier molecular flexibility index (Phi) is 3.76. The fourth-order valence-corrected chi connectivity index (χ4v) is 3.95. The van der Waals surface area contributed by atoms with Crippen LogP contribution in [-0.2, 0) is 0 Å². The third-order valence-electron chi connectivity index (χ3n) is 5.59. The average Bonchev–Trinajstić information content (AvgIpc) is 3.36. The van der Waals surface area contributed by atoms with Crippen molar-refractivity contribution in [3.05, 3.63) is 76.9 Å². The van der Waals surface area contributed by atoms with Gasteiger partial charge >= 0.3 is 0 Å². The van der Waals surface area contributed by atoms with Gasteiger partial charge in [0.15, 0.2) is 0 Å². The number of fused-ring (bicyclic) bond motifs is 1. The molecule has 28 heavy (non-hydrogen) atoms. The van der Waals surface area contributed by atoms with Gasteiger partial charge in [-0.2, -0.15) is 0 Å². The highest BCUT2D eigenvalue weighted by atomic mass is 16.5. The molecule has 0 atom stereocenters. The molecule has 1 N–H and O–H groups in total. The van der Waals surface area contributed by atoms with Crippen molar-refractivity contribution in [2.45, 2.75) is 39.5 Å². The summed E-state index contributed by atoms with van der Waals surface area (Å²) in [5.74, 6) is 2.47. The molecule has 0 bridgehead atoms. The molecule has 4 aromatic rings. The first kappa shape index (κ1) is 17.0. The van der Waals surface area contributed by atoms with Gasteiger partial charge in [-0.25, -0.2) is 4.98 Å². The minimum atomic E-state index is 0.565. The Labute approximate surface area is 164 Å². The molecule has 1 saturated carbocycles. The van der Waals surface area contributed by atoms with Crippen molar-refractivity contribution in [1.29, 1.82) is 0 Å². The molecule has 1 aliphatic rings. The average molecular weight is 369 g/mol. The molecule has 0 aliphatic heterocycles. The zero-order chi connectivity index (χ0) is 19.4. The number of hydrogen-bond acceptors (Lipinski definition) is 3. The molecule has 1 fully saturated rings. The lowest BCUT2D eigenvalue weighted by Gasteiger charge is -2.11. The van der Waals surface area contributed by atoms with Gasteiger partial charge in [-0.15, -0.1) is 0 Å². The number of rotatable bonds is 4. The van der Waals surface area contributed by atoms with E-state index in [1.54, 1.807) is 0 Å². The third-order valence-corrected chi connectivity index (χ3v) is 5.59. The third kappa shape index (κ3) is 2.76. The lowest BCUT2D eigenvalue weighted by Crippen LogP contribution is -1.92. The van der Waals surface area contributed by atoms with Crippen molar-refractivity contribution in [1.82, 2.24) is 15.1 Å². The van der Waals surface area contributed by atoms with E-state index in [1.165, 1.54) is 18.4 Å². The Bertz CT molecular complexity index is 1200. The summed E-state index contributed by atoms with van der Waals surface area (Å²) < 4.78 is 5.42. The second-order valence-electron chi connectivity index (χ2n) is 7.86. The number of hydrogen-bond donors (Lipinski definition) is 1. The van der Waals surface area contributed by atoms with Crippen LogP contribution in [0.2, 0.25) is 0 Å². The van der Waals surface area contributed by atoms with E-state index in [0.717, 1.165) is 56.1 Å². The quantitative estimate of drug-likeness (QED) is 0.474. The number of nitrogens with zero attached hydrogens (tertiary/aromatic N) is 2. The van der Waals surface area contributed by atoms with Crippen LogP contribution in [0, 0.1) is 20.8 Å². The molecular formula is C24H23N3O. The highest BCUT2D eigenvalue weighted by Gasteiger charge is 2.28. The summed E-state index contributed by atoms with van der Waals surface area (Å²) in [6.07, 6.45) is 2.43. The molecule has 4 heteroatoms. The molecule has 2 aromatic carbocycles. The van der Waals surface area contributed by atoms with Gasteiger partial charge in [-0.1, -0.05) is 41.6 Å². The monoisotopic (exact) mass is 369 g/mol. The topological polar surface area (TPSA) is 54.7 Å². The first-order valence-electron chi connectivity index (χ1n) is 9.74. The first-order valence-corrected chi connectivity index (χ1v) is 9.74. The Morgan fingerprint density at radius 1 is 1.14 bits per heavy atom. The maximum atomic E-state index is 5.42. The second kappa shape index (κ2) is 6.20. The Balaban J connectivity index is 1.74. The van der Waals surface area contributed by atoms with E-state index in [9.17, 15) is 0 Å². The summed E-state index contributed by atoms with van der Waals surface area (Å²) in [4.78, 5) is 8.49. The molecule has 0 saturated heterocycles. The number of benzene rings is 2. The lowest BCUT2D eigenvalue weighted by atomic mass is 9.93. The van der Waals surface area contributed by atoms with Crippen LogP contribution >= 0.6 is 0 Å². The van der Waals surface area contributed by atoms with E-state index < -0.39 is 0 Å². The number of H-pyrrole nitrogens is 1. The zero-order valence-electron chi connectivity index (χ0n) is 16.5. The number of aryl methyl sites for hydroxylation is 3. The van der Waals surface area contributed by atoms with Crippen molar-refractivity contribution >= 4 is 16.6 Å². The van der Waals surface area contributed by atoms with E-state index in [4.69, 9.17) is 9.51 Å². The highest BCUT2D eigenvalue weighted by molar-refractivity contribution is 5.97. The van der Waals surface area contributed by atoms with Gasteiger partial charge in [0.05, 0.1) is 16.7 Å². The molecule has 0 amide bonds. The maximum Gasteiger partial charge on any atom is 0.141 e. The van der Waals surface area contributed by atoms with Gasteiger partial charge in [0, 0.05) is 17.0 Å². The normalized spacial score (nSPS) is 14.0. The van der Waals surface area contributed by atoms with Crippen LogP contribution in [0.15, 0.2) is 47.5 Å². The summed E-state index contributed by atoms with van der Waals surface area (Å²) in [7, 11) is 0. The first-order chi connectivity index (χ1) is 13.5. The second-order valence-corrected chi connectivity index (χ2v) is 7.86. The minimum absolute atomic E-state index is 0.565. The van der Waals surface area contributed by atoms with Crippen molar-refractivity contribution in [3.63, 3.8) is 0 Å². The summed E-state index contributed by atoms with van der Waals surface area (Å²) in [6, 6.07) is 12.8. The van der Waals surface area contributed by atoms with Gasteiger partial charge in [-0.3, -0.25) is 0 Å². The Morgan fingerprint density at radius 3 is 2.64 bits per heavy atom. The maximum absolute atomic E-state index is 5.42. The minimum Gasteiger partial charge on any atom is -0.361 e. The molecule has 0 radical (unpaired) electrons. The van der Waals surface area contributed by atoms with Crippen LogP contribution in [0.25, 0.3) is 27.7 Å². The van der Waals surface area contributed by atoms with E-state index in [-0.39, 0.29) is 0 Å². The van der Waals surface area contributed by atoms with E-state index in [1.807, 2.05) is 13.8 Å². The SMILES string of the molecule is C=C(c1cccc(C)c1)c1cc(-c2c(C)noc2C)cc2nc(C3CC3)[nH]c12. The fraction of sp³-hybridized carbons (Fsp3) is 0.250. The van der Waals surface area contributed by atoms with Crippen molar-refractivity contribution in [3.8, 4) is 11.1 Å². The number of aromatic nitrogens is 3. The smallest absolute Gasteiger partial charge is 0.141 e. The van der Waals surface area contributed by atoms with Crippen LogP contribution in [0.4, 0.5) is 0 Å². The predicted octanol–water partition coefficient (Wildman–Crippen LogP) is 6.08. The Morgan fingerprint density at radius 2 is 1.96 bits per heavy atom. The van der Waals surface area contributed by atoms with E-state index in [0.29, 0.717) is 5.92 Å². The van der Waals surface area contributed by atoms with Crippen molar-refractivity contribution in [2.24, 2.45) is 0 Å². The molecular weight excluding hydrogens is 346 g/mol. The molecule has 5 rings (SSSR count). The molecule has 2 aromatic heterocycles. The molecule has 140 valence electrons. The highest BCUT2D eigenvalue weighted by Crippen LogP contribution is 2.41. The van der Waals surface area contributed by atoms with Crippen molar-refractivity contribution < 1.29 is 4.52 Å².